The van der Waals surface area contributed by atoms with Gasteiger partial charge in [-0.05, 0) is 43.2 Å². The zero-order chi connectivity index (χ0) is 21.8. The molecule has 1 heterocycles. The van der Waals surface area contributed by atoms with Crippen molar-refractivity contribution in [2.75, 3.05) is 0 Å². The zero-order valence-corrected chi connectivity index (χ0v) is 17.2. The molecule has 1 aromatic heterocycles. The van der Waals surface area contributed by atoms with Gasteiger partial charge in [-0.3, -0.25) is 9.59 Å². The molecule has 0 aliphatic rings. The van der Waals surface area contributed by atoms with Crippen LogP contribution in [0.5, 0.6) is 0 Å². The minimum absolute atomic E-state index is 0.0725. The molecule has 8 heteroatoms. The molecule has 2 aromatic carbocycles. The van der Waals surface area contributed by atoms with Crippen LogP contribution in [-0.2, 0) is 16.1 Å². The second kappa shape index (κ2) is 9.11. The van der Waals surface area contributed by atoms with E-state index >= 15 is 0 Å². The number of carboxylic acid groups (broad SMARTS) is 1. The van der Waals surface area contributed by atoms with Gasteiger partial charge in [0.1, 0.15) is 5.56 Å². The lowest BCUT2D eigenvalue weighted by Gasteiger charge is -2.20. The van der Waals surface area contributed by atoms with Crippen LogP contribution < -0.4 is 10.9 Å². The third-order valence-electron chi connectivity index (χ3n) is 4.43. The summed E-state index contributed by atoms with van der Waals surface area (Å²) in [6.45, 7) is 3.76. The molecule has 30 heavy (non-hydrogen) atoms. The molecule has 3 N–H and O–H groups in total. The Labute approximate surface area is 177 Å². The van der Waals surface area contributed by atoms with E-state index in [9.17, 15) is 14.4 Å². The van der Waals surface area contributed by atoms with Gasteiger partial charge < -0.3 is 20.1 Å². The number of benzene rings is 2. The Bertz CT molecular complexity index is 1140. The normalized spacial score (nSPS) is 12.1. The van der Waals surface area contributed by atoms with Crippen molar-refractivity contribution in [2.45, 2.75) is 32.6 Å². The van der Waals surface area contributed by atoms with Crippen molar-refractivity contribution in [3.05, 3.63) is 80.6 Å². The van der Waals surface area contributed by atoms with E-state index in [0.717, 1.165) is 5.56 Å². The van der Waals surface area contributed by atoms with Gasteiger partial charge in [0.15, 0.2) is 6.10 Å². The van der Waals surface area contributed by atoms with Crippen molar-refractivity contribution >= 4 is 34.4 Å². The lowest BCUT2D eigenvalue weighted by Crippen LogP contribution is -2.32. The SMILES string of the molecule is CC(C)OC(C(=O)NCc1cc(Cl)cc2cc(C(=O)O)c(=O)[nH]c12)c1ccccc1. The van der Waals surface area contributed by atoms with Crippen molar-refractivity contribution in [3.63, 3.8) is 0 Å². The molecule has 3 aromatic rings. The van der Waals surface area contributed by atoms with Gasteiger partial charge in [0, 0.05) is 17.0 Å². The molecule has 0 saturated heterocycles. The van der Waals surface area contributed by atoms with Crippen LogP contribution in [0.25, 0.3) is 10.9 Å². The van der Waals surface area contributed by atoms with Gasteiger partial charge in [0.25, 0.3) is 11.5 Å². The zero-order valence-electron chi connectivity index (χ0n) is 16.4. The maximum absolute atomic E-state index is 12.9. The summed E-state index contributed by atoms with van der Waals surface area (Å²) < 4.78 is 5.80. The maximum Gasteiger partial charge on any atom is 0.341 e. The molecule has 0 spiro atoms. The fourth-order valence-electron chi connectivity index (χ4n) is 3.12. The smallest absolute Gasteiger partial charge is 0.341 e. The molecule has 0 radical (unpaired) electrons. The number of nitrogens with one attached hydrogen (secondary N) is 2. The molecule has 156 valence electrons. The number of H-pyrrole nitrogens is 1. The second-order valence-electron chi connectivity index (χ2n) is 7.04. The van der Waals surface area contributed by atoms with E-state index in [2.05, 4.69) is 10.3 Å². The standard InChI is InChI=1S/C22H21ClN2O5/c1-12(2)30-19(13-6-4-3-5-7-13)21(27)24-11-15-9-16(23)8-14-10-17(22(28)29)20(26)25-18(14)15/h3-10,12,19H,11H2,1-2H3,(H,24,27)(H,25,26)(H,28,29). The number of fused-ring (bicyclic) bond motifs is 1. The summed E-state index contributed by atoms with van der Waals surface area (Å²) in [6.07, 6.45) is -0.965. The first-order valence-corrected chi connectivity index (χ1v) is 9.71. The number of carbonyl (C=O) groups is 2. The van der Waals surface area contributed by atoms with E-state index in [0.29, 0.717) is 21.5 Å². The van der Waals surface area contributed by atoms with E-state index < -0.39 is 17.6 Å². The van der Waals surface area contributed by atoms with Gasteiger partial charge in [-0.2, -0.15) is 0 Å². The molecule has 0 aliphatic carbocycles. The maximum atomic E-state index is 12.9. The molecule has 7 nitrogen and oxygen atoms in total. The number of hydrogen-bond donors (Lipinski definition) is 3. The number of pyridine rings is 1. The largest absolute Gasteiger partial charge is 0.477 e. The van der Waals surface area contributed by atoms with Crippen molar-refractivity contribution in [1.82, 2.24) is 10.3 Å². The number of ether oxygens (including phenoxy) is 1. The Hall–Kier alpha value is -3.16. The van der Waals surface area contributed by atoms with Crippen LogP contribution >= 0.6 is 11.6 Å². The molecule has 0 saturated carbocycles. The van der Waals surface area contributed by atoms with Crippen molar-refractivity contribution in [1.29, 1.82) is 0 Å². The Morgan fingerprint density at radius 2 is 1.87 bits per heavy atom. The number of carbonyl (C=O) groups excluding carboxylic acids is 1. The average molecular weight is 429 g/mol. The summed E-state index contributed by atoms with van der Waals surface area (Å²) in [4.78, 5) is 38.8. The van der Waals surface area contributed by atoms with E-state index in [-0.39, 0.29) is 24.1 Å². The number of rotatable bonds is 7. The number of hydrogen-bond acceptors (Lipinski definition) is 4. The summed E-state index contributed by atoms with van der Waals surface area (Å²) in [5.74, 6) is -1.67. The van der Waals surface area contributed by atoms with E-state index in [1.807, 2.05) is 44.2 Å². The molecular formula is C22H21ClN2O5. The Morgan fingerprint density at radius 3 is 2.50 bits per heavy atom. The van der Waals surface area contributed by atoms with Crippen LogP contribution in [0.1, 0.15) is 41.4 Å². The highest BCUT2D eigenvalue weighted by atomic mass is 35.5. The number of aromatic amines is 1. The van der Waals surface area contributed by atoms with Crippen LogP contribution in [0.2, 0.25) is 5.02 Å². The highest BCUT2D eigenvalue weighted by Gasteiger charge is 2.23. The Kier molecular flexibility index (Phi) is 6.54. The molecular weight excluding hydrogens is 408 g/mol. The highest BCUT2D eigenvalue weighted by molar-refractivity contribution is 6.31. The third-order valence-corrected chi connectivity index (χ3v) is 4.65. The Morgan fingerprint density at radius 1 is 1.17 bits per heavy atom. The van der Waals surface area contributed by atoms with Crippen LogP contribution in [0.15, 0.2) is 53.3 Å². The van der Waals surface area contributed by atoms with E-state index in [1.165, 1.54) is 6.07 Å². The topological polar surface area (TPSA) is 108 Å². The van der Waals surface area contributed by atoms with Crippen LogP contribution in [0.4, 0.5) is 0 Å². The number of aromatic carboxylic acids is 1. The summed E-state index contributed by atoms with van der Waals surface area (Å²) in [7, 11) is 0. The van der Waals surface area contributed by atoms with Gasteiger partial charge in [0.2, 0.25) is 0 Å². The molecule has 1 amide bonds. The number of halogens is 1. The monoisotopic (exact) mass is 428 g/mol. The molecule has 3 rings (SSSR count). The van der Waals surface area contributed by atoms with E-state index in [4.69, 9.17) is 21.4 Å². The van der Waals surface area contributed by atoms with Crippen LogP contribution in [0, 0.1) is 0 Å². The lowest BCUT2D eigenvalue weighted by atomic mass is 10.1. The molecule has 1 unspecified atom stereocenters. The van der Waals surface area contributed by atoms with Crippen LogP contribution in [-0.4, -0.2) is 28.1 Å². The van der Waals surface area contributed by atoms with Gasteiger partial charge in [-0.25, -0.2) is 4.79 Å². The first-order chi connectivity index (χ1) is 14.3. The fraction of sp³-hybridized carbons (Fsp3) is 0.227. The second-order valence-corrected chi connectivity index (χ2v) is 7.48. The molecule has 0 bridgehead atoms. The van der Waals surface area contributed by atoms with Gasteiger partial charge >= 0.3 is 5.97 Å². The summed E-state index contributed by atoms with van der Waals surface area (Å²) in [5, 5.41) is 12.8. The Balaban J connectivity index is 1.90. The van der Waals surface area contributed by atoms with Crippen molar-refractivity contribution < 1.29 is 19.4 Å². The number of carboxylic acids is 1. The summed E-state index contributed by atoms with van der Waals surface area (Å²) >= 11 is 6.16. The van der Waals surface area contributed by atoms with E-state index in [1.54, 1.807) is 12.1 Å². The van der Waals surface area contributed by atoms with Gasteiger partial charge in [-0.1, -0.05) is 41.9 Å². The highest BCUT2D eigenvalue weighted by Crippen LogP contribution is 2.24. The average Bonchev–Trinajstić information content (AvgIpc) is 2.70. The quantitative estimate of drug-likeness (QED) is 0.532. The molecule has 0 fully saturated rings. The fourth-order valence-corrected chi connectivity index (χ4v) is 3.37. The first kappa shape index (κ1) is 21.5. The number of aromatic nitrogens is 1. The number of amides is 1. The molecule has 0 aliphatic heterocycles. The van der Waals surface area contributed by atoms with Gasteiger partial charge in [-0.15, -0.1) is 0 Å². The minimum atomic E-state index is -1.33. The first-order valence-electron chi connectivity index (χ1n) is 9.33. The predicted octanol–water partition coefficient (Wildman–Crippen LogP) is 3.66. The van der Waals surface area contributed by atoms with Gasteiger partial charge in [0.05, 0.1) is 11.6 Å². The summed E-state index contributed by atoms with van der Waals surface area (Å²) in [6, 6.07) is 13.6. The molecule has 1 atom stereocenters. The third kappa shape index (κ3) is 4.87. The predicted molar refractivity (Wildman–Crippen MR) is 114 cm³/mol. The summed E-state index contributed by atoms with van der Waals surface area (Å²) in [5.41, 5.74) is 0.579. The van der Waals surface area contributed by atoms with Crippen molar-refractivity contribution in [2.24, 2.45) is 0 Å². The lowest BCUT2D eigenvalue weighted by molar-refractivity contribution is -0.136. The van der Waals surface area contributed by atoms with Crippen LogP contribution in [0.3, 0.4) is 0 Å². The van der Waals surface area contributed by atoms with Crippen molar-refractivity contribution in [3.8, 4) is 0 Å². The minimum Gasteiger partial charge on any atom is -0.477 e.